The van der Waals surface area contributed by atoms with Crippen LogP contribution in [0.2, 0.25) is 0 Å². The molecular formula is C15H23NO2. The molecule has 0 saturated heterocycles. The zero-order chi connectivity index (χ0) is 13.4. The molecule has 18 heavy (non-hydrogen) atoms. The summed E-state index contributed by atoms with van der Waals surface area (Å²) in [5.41, 5.74) is 3.13. The Morgan fingerprint density at radius 2 is 1.72 bits per heavy atom. The maximum absolute atomic E-state index is 9.26. The van der Waals surface area contributed by atoms with E-state index in [0.29, 0.717) is 23.6 Å². The summed E-state index contributed by atoms with van der Waals surface area (Å²) in [6, 6.07) is 6.52. The van der Waals surface area contributed by atoms with Crippen LogP contribution in [0.25, 0.3) is 0 Å². The summed E-state index contributed by atoms with van der Waals surface area (Å²) < 4.78 is 0. The molecule has 1 aliphatic rings. The lowest BCUT2D eigenvalue weighted by Gasteiger charge is -2.28. The van der Waals surface area contributed by atoms with Gasteiger partial charge in [0.1, 0.15) is 0 Å². The Morgan fingerprint density at radius 1 is 1.11 bits per heavy atom. The smallest absolute Gasteiger partial charge is 0.178 e. The average molecular weight is 249 g/mol. The summed E-state index contributed by atoms with van der Waals surface area (Å²) in [7, 11) is 0. The Labute approximate surface area is 109 Å². The van der Waals surface area contributed by atoms with Gasteiger partial charge in [-0.15, -0.1) is 0 Å². The number of hydrogen-bond donors (Lipinski definition) is 2. The predicted molar refractivity (Wildman–Crippen MR) is 72.0 cm³/mol. The van der Waals surface area contributed by atoms with Crippen molar-refractivity contribution >= 4 is 0 Å². The van der Waals surface area contributed by atoms with Gasteiger partial charge in [0.25, 0.3) is 0 Å². The largest absolute Gasteiger partial charge is 0.364 e. The van der Waals surface area contributed by atoms with Crippen LogP contribution in [0.15, 0.2) is 18.2 Å². The molecule has 0 saturated carbocycles. The molecule has 0 aliphatic carbocycles. The first kappa shape index (κ1) is 13.5. The van der Waals surface area contributed by atoms with E-state index in [2.05, 4.69) is 32.6 Å². The lowest BCUT2D eigenvalue weighted by molar-refractivity contribution is -0.0425. The lowest BCUT2D eigenvalue weighted by Crippen LogP contribution is -2.27. The highest BCUT2D eigenvalue weighted by molar-refractivity contribution is 5.40. The van der Waals surface area contributed by atoms with E-state index in [1.165, 1.54) is 11.1 Å². The first-order valence-electron chi connectivity index (χ1n) is 6.67. The second-order valence-corrected chi connectivity index (χ2v) is 5.70. The minimum absolute atomic E-state index is 0.344. The third kappa shape index (κ3) is 2.30. The summed E-state index contributed by atoms with van der Waals surface area (Å²) >= 11 is 0. The molecule has 2 rings (SSSR count). The van der Waals surface area contributed by atoms with Gasteiger partial charge in [-0.1, -0.05) is 26.0 Å². The van der Waals surface area contributed by atoms with Gasteiger partial charge in [0.2, 0.25) is 0 Å². The highest BCUT2D eigenvalue weighted by atomic mass is 16.5. The van der Waals surface area contributed by atoms with Gasteiger partial charge in [-0.2, -0.15) is 0 Å². The average Bonchev–Trinajstić information content (AvgIpc) is 2.53. The number of benzene rings is 1. The molecule has 1 aromatic carbocycles. The molecule has 2 atom stereocenters. The van der Waals surface area contributed by atoms with Gasteiger partial charge >= 0.3 is 0 Å². The van der Waals surface area contributed by atoms with Crippen molar-refractivity contribution in [1.82, 2.24) is 4.90 Å². The molecule has 0 amide bonds. The standard InChI is InChI=1S/C15H23NO2/c1-9(2)8-16-10(3)13-6-5-12(15(17)18)7-14(13)11(16)4/h5-7,9-11,15,17-18H,8H2,1-4H3. The molecule has 3 heteroatoms. The van der Waals surface area contributed by atoms with E-state index in [1.807, 2.05) is 18.2 Å². The number of rotatable bonds is 3. The van der Waals surface area contributed by atoms with Crippen molar-refractivity contribution in [3.63, 3.8) is 0 Å². The Morgan fingerprint density at radius 3 is 2.28 bits per heavy atom. The normalized spacial score (nSPS) is 24.0. The zero-order valence-corrected chi connectivity index (χ0v) is 11.6. The highest BCUT2D eigenvalue weighted by Crippen LogP contribution is 2.42. The summed E-state index contributed by atoms with van der Waals surface area (Å²) in [5.74, 6) is 0.632. The second kappa shape index (κ2) is 5.00. The van der Waals surface area contributed by atoms with E-state index in [4.69, 9.17) is 0 Å². The fourth-order valence-electron chi connectivity index (χ4n) is 2.93. The molecule has 1 aliphatic heterocycles. The molecule has 1 aromatic rings. The molecule has 0 bridgehead atoms. The van der Waals surface area contributed by atoms with Crippen molar-refractivity contribution < 1.29 is 10.2 Å². The Kier molecular flexibility index (Phi) is 3.76. The van der Waals surface area contributed by atoms with Gasteiger partial charge < -0.3 is 10.2 Å². The van der Waals surface area contributed by atoms with Crippen LogP contribution in [0.3, 0.4) is 0 Å². The summed E-state index contributed by atoms with van der Waals surface area (Å²) in [6.45, 7) is 9.93. The van der Waals surface area contributed by atoms with E-state index in [0.717, 1.165) is 6.54 Å². The molecule has 100 valence electrons. The minimum Gasteiger partial charge on any atom is -0.364 e. The van der Waals surface area contributed by atoms with Crippen LogP contribution in [0.5, 0.6) is 0 Å². The monoisotopic (exact) mass is 249 g/mol. The molecule has 0 radical (unpaired) electrons. The van der Waals surface area contributed by atoms with E-state index in [9.17, 15) is 10.2 Å². The number of hydrogen-bond acceptors (Lipinski definition) is 3. The number of aliphatic hydroxyl groups is 2. The van der Waals surface area contributed by atoms with Crippen LogP contribution in [-0.2, 0) is 0 Å². The van der Waals surface area contributed by atoms with Crippen molar-refractivity contribution in [1.29, 1.82) is 0 Å². The van der Waals surface area contributed by atoms with Crippen molar-refractivity contribution in [2.45, 2.75) is 46.1 Å². The van der Waals surface area contributed by atoms with Crippen LogP contribution in [0.1, 0.15) is 62.8 Å². The van der Waals surface area contributed by atoms with Crippen molar-refractivity contribution in [2.75, 3.05) is 6.54 Å². The van der Waals surface area contributed by atoms with Gasteiger partial charge in [-0.05, 0) is 37.0 Å². The maximum Gasteiger partial charge on any atom is 0.178 e. The SMILES string of the molecule is CC(C)CN1C(C)c2ccc(C(O)O)cc2C1C. The van der Waals surface area contributed by atoms with E-state index >= 15 is 0 Å². The second-order valence-electron chi connectivity index (χ2n) is 5.70. The lowest BCUT2D eigenvalue weighted by atomic mass is 10.00. The van der Waals surface area contributed by atoms with Crippen molar-refractivity contribution in [3.8, 4) is 0 Å². The molecular weight excluding hydrogens is 226 g/mol. The van der Waals surface area contributed by atoms with Gasteiger partial charge in [0.05, 0.1) is 0 Å². The number of aliphatic hydroxyl groups excluding tert-OH is 1. The van der Waals surface area contributed by atoms with Gasteiger partial charge in [-0.25, -0.2) is 0 Å². The molecule has 0 aromatic heterocycles. The Hall–Kier alpha value is -0.900. The van der Waals surface area contributed by atoms with E-state index in [1.54, 1.807) is 0 Å². The van der Waals surface area contributed by atoms with Crippen LogP contribution < -0.4 is 0 Å². The van der Waals surface area contributed by atoms with Gasteiger partial charge in [-0.3, -0.25) is 4.90 Å². The van der Waals surface area contributed by atoms with E-state index in [-0.39, 0.29) is 0 Å². The molecule has 2 N–H and O–H groups in total. The zero-order valence-electron chi connectivity index (χ0n) is 11.6. The maximum atomic E-state index is 9.26. The number of fused-ring (bicyclic) bond motifs is 1. The third-order valence-corrected chi connectivity index (χ3v) is 3.88. The molecule has 3 nitrogen and oxygen atoms in total. The summed E-state index contributed by atoms with van der Waals surface area (Å²) in [6.07, 6.45) is -1.38. The first-order valence-corrected chi connectivity index (χ1v) is 6.67. The summed E-state index contributed by atoms with van der Waals surface area (Å²) in [5, 5.41) is 18.5. The fourth-order valence-corrected chi connectivity index (χ4v) is 2.93. The Balaban J connectivity index is 2.33. The molecule has 1 heterocycles. The third-order valence-electron chi connectivity index (χ3n) is 3.88. The highest BCUT2D eigenvalue weighted by Gasteiger charge is 2.33. The Bertz CT molecular complexity index is 429. The van der Waals surface area contributed by atoms with Gasteiger partial charge in [0.15, 0.2) is 6.29 Å². The van der Waals surface area contributed by atoms with Crippen LogP contribution in [0, 0.1) is 5.92 Å². The van der Waals surface area contributed by atoms with Gasteiger partial charge in [0, 0.05) is 24.2 Å². The van der Waals surface area contributed by atoms with E-state index < -0.39 is 6.29 Å². The molecule has 0 spiro atoms. The van der Waals surface area contributed by atoms with Crippen LogP contribution in [-0.4, -0.2) is 21.7 Å². The number of nitrogens with zero attached hydrogens (tertiary/aromatic N) is 1. The quantitative estimate of drug-likeness (QED) is 0.810. The topological polar surface area (TPSA) is 43.7 Å². The minimum atomic E-state index is -1.38. The fraction of sp³-hybridized carbons (Fsp3) is 0.600. The first-order chi connectivity index (χ1) is 8.41. The molecule has 0 fully saturated rings. The van der Waals surface area contributed by atoms with Crippen molar-refractivity contribution in [2.24, 2.45) is 5.92 Å². The van der Waals surface area contributed by atoms with Crippen molar-refractivity contribution in [3.05, 3.63) is 34.9 Å². The summed E-state index contributed by atoms with van der Waals surface area (Å²) in [4.78, 5) is 2.48. The molecule has 2 unspecified atom stereocenters. The predicted octanol–water partition coefficient (Wildman–Crippen LogP) is 2.76. The van der Waals surface area contributed by atoms with Crippen LogP contribution in [0.4, 0.5) is 0 Å². The van der Waals surface area contributed by atoms with Crippen LogP contribution >= 0.6 is 0 Å².